The van der Waals surface area contributed by atoms with Gasteiger partial charge in [-0.15, -0.1) is 0 Å². The number of hydrogen-bond donors (Lipinski definition) is 1. The summed E-state index contributed by atoms with van der Waals surface area (Å²) in [6.07, 6.45) is 1.01. The number of aryl methyl sites for hydroxylation is 2. The maximum atomic E-state index is 5.72. The highest BCUT2D eigenvalue weighted by Gasteiger charge is 2.21. The van der Waals surface area contributed by atoms with Crippen LogP contribution in [0.3, 0.4) is 0 Å². The fourth-order valence-electron chi connectivity index (χ4n) is 4.29. The summed E-state index contributed by atoms with van der Waals surface area (Å²) in [5.41, 5.74) is 3.77. The second-order valence-electron chi connectivity index (χ2n) is 8.48. The van der Waals surface area contributed by atoms with Crippen LogP contribution in [0.2, 0.25) is 0 Å². The second kappa shape index (κ2) is 11.0. The lowest BCUT2D eigenvalue weighted by molar-refractivity contribution is 0.266. The van der Waals surface area contributed by atoms with Crippen LogP contribution in [0.5, 0.6) is 0 Å². The van der Waals surface area contributed by atoms with Gasteiger partial charge in [0.25, 0.3) is 5.89 Å². The van der Waals surface area contributed by atoms with Crippen LogP contribution in [0.15, 0.2) is 33.3 Å². The standard InChI is InChI=1S/C24H33N7O2S/c1-5-30(6-2)20-10-8-19(9-11-20)25-24(34)31-13-7-12-29(14-15-31)16-21-26-23(33-28-21)22-17(3)27-32-18(22)4/h8-11H,5-7,12-16H2,1-4H3,(H,25,34). The van der Waals surface area contributed by atoms with Gasteiger partial charge in [0.15, 0.2) is 10.9 Å². The van der Waals surface area contributed by atoms with Gasteiger partial charge in [-0.3, -0.25) is 4.90 Å². The molecule has 1 saturated heterocycles. The number of nitrogens with one attached hydrogen (secondary N) is 1. The molecule has 4 rings (SSSR count). The summed E-state index contributed by atoms with van der Waals surface area (Å²) in [4.78, 5) is 11.5. The molecule has 9 nitrogen and oxygen atoms in total. The van der Waals surface area contributed by atoms with Crippen LogP contribution < -0.4 is 10.2 Å². The van der Waals surface area contributed by atoms with E-state index in [1.54, 1.807) is 0 Å². The molecular formula is C24H33N7O2S. The molecule has 1 fully saturated rings. The first-order valence-corrected chi connectivity index (χ1v) is 12.3. The molecule has 182 valence electrons. The molecular weight excluding hydrogens is 450 g/mol. The largest absolute Gasteiger partial charge is 0.372 e. The third-order valence-corrected chi connectivity index (χ3v) is 6.56. The summed E-state index contributed by atoms with van der Waals surface area (Å²) in [5.74, 6) is 1.80. The van der Waals surface area contributed by atoms with Gasteiger partial charge in [-0.2, -0.15) is 4.98 Å². The summed E-state index contributed by atoms with van der Waals surface area (Å²) in [5, 5.41) is 12.3. The van der Waals surface area contributed by atoms with Gasteiger partial charge in [0.2, 0.25) is 0 Å². The van der Waals surface area contributed by atoms with Crippen molar-refractivity contribution in [3.63, 3.8) is 0 Å². The molecule has 1 aliphatic rings. The fraction of sp³-hybridized carbons (Fsp3) is 0.500. The molecule has 0 saturated carbocycles. The van der Waals surface area contributed by atoms with Crippen LogP contribution in [-0.4, -0.2) is 69.5 Å². The molecule has 3 heterocycles. The van der Waals surface area contributed by atoms with E-state index in [-0.39, 0.29) is 0 Å². The van der Waals surface area contributed by atoms with Crippen LogP contribution >= 0.6 is 12.2 Å². The predicted octanol–water partition coefficient (Wildman–Crippen LogP) is 4.09. The van der Waals surface area contributed by atoms with Crippen molar-refractivity contribution in [1.82, 2.24) is 25.1 Å². The van der Waals surface area contributed by atoms with Gasteiger partial charge in [-0.25, -0.2) is 0 Å². The average molecular weight is 484 g/mol. The van der Waals surface area contributed by atoms with Crippen molar-refractivity contribution in [3.05, 3.63) is 41.5 Å². The van der Waals surface area contributed by atoms with Crippen molar-refractivity contribution in [3.8, 4) is 11.5 Å². The Bertz CT molecular complexity index is 1070. The van der Waals surface area contributed by atoms with E-state index < -0.39 is 0 Å². The van der Waals surface area contributed by atoms with Crippen LogP contribution in [0.4, 0.5) is 11.4 Å². The van der Waals surface area contributed by atoms with Gasteiger partial charge in [-0.1, -0.05) is 10.3 Å². The lowest BCUT2D eigenvalue weighted by atomic mass is 10.2. The molecule has 0 spiro atoms. The Morgan fingerprint density at radius 2 is 1.79 bits per heavy atom. The summed E-state index contributed by atoms with van der Waals surface area (Å²) in [6, 6.07) is 8.47. The molecule has 2 aromatic heterocycles. The molecule has 0 radical (unpaired) electrons. The highest BCUT2D eigenvalue weighted by molar-refractivity contribution is 7.80. The number of anilines is 2. The smallest absolute Gasteiger partial charge is 0.263 e. The van der Waals surface area contributed by atoms with Crippen LogP contribution in [0.25, 0.3) is 11.5 Å². The molecule has 0 bridgehead atoms. The van der Waals surface area contributed by atoms with E-state index in [1.165, 1.54) is 5.69 Å². The zero-order valence-corrected chi connectivity index (χ0v) is 21.2. The summed E-state index contributed by atoms with van der Waals surface area (Å²) < 4.78 is 10.7. The first kappa shape index (κ1) is 24.2. The number of benzene rings is 1. The Hall–Kier alpha value is -2.98. The number of hydrogen-bond acceptors (Lipinski definition) is 8. The maximum Gasteiger partial charge on any atom is 0.263 e. The second-order valence-corrected chi connectivity index (χ2v) is 8.87. The quantitative estimate of drug-likeness (QED) is 0.496. The zero-order valence-electron chi connectivity index (χ0n) is 20.4. The van der Waals surface area contributed by atoms with E-state index in [2.05, 4.69) is 73.4 Å². The first-order chi connectivity index (χ1) is 16.5. The summed E-state index contributed by atoms with van der Waals surface area (Å²) in [7, 11) is 0. The van der Waals surface area contributed by atoms with Gasteiger partial charge >= 0.3 is 0 Å². The molecule has 10 heteroatoms. The molecule has 34 heavy (non-hydrogen) atoms. The predicted molar refractivity (Wildman–Crippen MR) is 137 cm³/mol. The number of aromatic nitrogens is 3. The van der Waals surface area contributed by atoms with E-state index in [0.717, 1.165) is 67.7 Å². The van der Waals surface area contributed by atoms with Crippen LogP contribution in [0, 0.1) is 13.8 Å². The third-order valence-electron chi connectivity index (χ3n) is 6.20. The third kappa shape index (κ3) is 5.56. The Labute approximate surface area is 206 Å². The summed E-state index contributed by atoms with van der Waals surface area (Å²) in [6.45, 7) is 14.3. The van der Waals surface area contributed by atoms with E-state index in [4.69, 9.17) is 21.3 Å². The van der Waals surface area contributed by atoms with E-state index in [0.29, 0.717) is 24.0 Å². The molecule has 1 aliphatic heterocycles. The molecule has 1 N–H and O–H groups in total. The maximum absolute atomic E-state index is 5.72. The number of rotatable bonds is 7. The minimum Gasteiger partial charge on any atom is -0.372 e. The fourth-order valence-corrected chi connectivity index (χ4v) is 4.59. The van der Waals surface area contributed by atoms with Gasteiger partial charge in [0.05, 0.1) is 12.2 Å². The van der Waals surface area contributed by atoms with Crippen LogP contribution in [0.1, 0.15) is 37.5 Å². The lowest BCUT2D eigenvalue weighted by Crippen LogP contribution is -2.37. The average Bonchev–Trinajstić information content (AvgIpc) is 3.33. The minimum absolute atomic E-state index is 0.458. The number of thiocarbonyl (C=S) groups is 1. The molecule has 3 aromatic rings. The topological polar surface area (TPSA) is 86.7 Å². The lowest BCUT2D eigenvalue weighted by Gasteiger charge is -2.25. The monoisotopic (exact) mass is 483 g/mol. The van der Waals surface area contributed by atoms with E-state index >= 15 is 0 Å². The van der Waals surface area contributed by atoms with Gasteiger partial charge in [0.1, 0.15) is 11.3 Å². The SMILES string of the molecule is CCN(CC)c1ccc(NC(=S)N2CCCN(Cc3noc(-c4c(C)noc4C)n3)CC2)cc1. The van der Waals surface area contributed by atoms with Crippen molar-refractivity contribution in [1.29, 1.82) is 0 Å². The highest BCUT2D eigenvalue weighted by Crippen LogP contribution is 2.25. The van der Waals surface area contributed by atoms with Crippen molar-refractivity contribution < 1.29 is 9.05 Å². The van der Waals surface area contributed by atoms with Gasteiger partial charge < -0.3 is 24.2 Å². The van der Waals surface area contributed by atoms with Gasteiger partial charge in [0, 0.05) is 50.6 Å². The van der Waals surface area contributed by atoms with E-state index in [1.807, 2.05) is 13.8 Å². The van der Waals surface area contributed by atoms with Crippen molar-refractivity contribution in [2.45, 2.75) is 40.7 Å². The highest BCUT2D eigenvalue weighted by atomic mass is 32.1. The zero-order chi connectivity index (χ0) is 24.1. The Morgan fingerprint density at radius 3 is 2.47 bits per heavy atom. The summed E-state index contributed by atoms with van der Waals surface area (Å²) >= 11 is 5.72. The minimum atomic E-state index is 0.458. The van der Waals surface area contributed by atoms with Crippen LogP contribution in [-0.2, 0) is 6.54 Å². The van der Waals surface area contributed by atoms with Crippen molar-refractivity contribution in [2.24, 2.45) is 0 Å². The van der Waals surface area contributed by atoms with E-state index in [9.17, 15) is 0 Å². The molecule has 0 aliphatic carbocycles. The van der Waals surface area contributed by atoms with Gasteiger partial charge in [-0.05, 0) is 70.6 Å². The van der Waals surface area contributed by atoms with Crippen molar-refractivity contribution in [2.75, 3.05) is 49.5 Å². The van der Waals surface area contributed by atoms with Crippen molar-refractivity contribution >= 4 is 28.7 Å². The Balaban J connectivity index is 1.30. The molecule has 0 atom stereocenters. The first-order valence-electron chi connectivity index (χ1n) is 11.9. The Morgan fingerprint density at radius 1 is 1.03 bits per heavy atom. The Kier molecular flexibility index (Phi) is 7.79. The molecule has 0 amide bonds. The normalized spacial score (nSPS) is 14.8. The molecule has 0 unspecified atom stereocenters. The number of nitrogens with zero attached hydrogens (tertiary/aromatic N) is 6. The molecule has 1 aromatic carbocycles.